The van der Waals surface area contributed by atoms with Gasteiger partial charge in [0.15, 0.2) is 17.7 Å². The van der Waals surface area contributed by atoms with E-state index in [1.54, 1.807) is 49.9 Å². The number of methoxy groups -OCH3 is 1. The number of unbranched alkanes of at least 4 members (excludes halogenated alkanes) is 2. The summed E-state index contributed by atoms with van der Waals surface area (Å²) in [5.41, 5.74) is 13.9. The minimum Gasteiger partial charge on any atom is -0.493 e. The predicted octanol–water partition coefficient (Wildman–Crippen LogP) is 7.13. The molecule has 17 nitrogen and oxygen atoms in total. The molecule has 1 saturated heterocycles. The Morgan fingerprint density at radius 2 is 1.66 bits per heavy atom. The molecule has 4 atom stereocenters. The number of ether oxygens (including phenoxy) is 4. The van der Waals surface area contributed by atoms with Gasteiger partial charge in [-0.05, 0) is 100 Å². The first-order valence-corrected chi connectivity index (χ1v) is 23.7. The quantitative estimate of drug-likeness (QED) is 0.0498. The molecule has 4 aromatic rings. The van der Waals surface area contributed by atoms with Gasteiger partial charge in [-0.15, -0.1) is 11.6 Å². The van der Waals surface area contributed by atoms with Gasteiger partial charge < -0.3 is 56.0 Å². The summed E-state index contributed by atoms with van der Waals surface area (Å²) >= 11 is 6.55. The number of nitrogens with one attached hydrogen (secondary N) is 2. The Labute approximate surface area is 401 Å². The molecule has 7 N–H and O–H groups in total. The first kappa shape index (κ1) is 49.6. The molecule has 0 spiro atoms. The van der Waals surface area contributed by atoms with Crippen LogP contribution in [0, 0.1) is 0 Å². The number of benzene rings is 4. The fourth-order valence-corrected chi connectivity index (χ4v) is 9.30. The number of nitrogens with two attached hydrogens (primary N) is 2. The van der Waals surface area contributed by atoms with Crippen LogP contribution in [0.5, 0.6) is 17.2 Å². The average Bonchev–Trinajstić information content (AvgIpc) is 3.94. The molecule has 68 heavy (non-hydrogen) atoms. The first-order valence-electron chi connectivity index (χ1n) is 23.2. The number of halogens is 1. The van der Waals surface area contributed by atoms with Gasteiger partial charge in [-0.1, -0.05) is 36.4 Å². The average molecular weight is 957 g/mol. The third-order valence-electron chi connectivity index (χ3n) is 12.4. The van der Waals surface area contributed by atoms with Gasteiger partial charge in [-0.25, -0.2) is 14.5 Å². The molecule has 18 heteroatoms. The zero-order chi connectivity index (χ0) is 48.7. The lowest BCUT2D eigenvalue weighted by atomic mass is 9.95. The van der Waals surface area contributed by atoms with Gasteiger partial charge in [0.25, 0.3) is 5.91 Å². The maximum Gasteiger partial charge on any atom is 0.417 e. The van der Waals surface area contributed by atoms with Gasteiger partial charge in [0.05, 0.1) is 42.7 Å². The van der Waals surface area contributed by atoms with E-state index in [1.807, 2.05) is 47.4 Å². The molecule has 4 aromatic carbocycles. The lowest BCUT2D eigenvalue weighted by Crippen LogP contribution is -2.51. The van der Waals surface area contributed by atoms with Crippen molar-refractivity contribution in [3.05, 3.63) is 83.4 Å². The highest BCUT2D eigenvalue weighted by atomic mass is 35.5. The summed E-state index contributed by atoms with van der Waals surface area (Å²) in [7, 11) is 1.48. The zero-order valence-corrected chi connectivity index (χ0v) is 39.8. The molecule has 3 aliphatic heterocycles. The van der Waals surface area contributed by atoms with Crippen molar-refractivity contribution < 1.29 is 48.0 Å². The highest BCUT2D eigenvalue weighted by Crippen LogP contribution is 2.46. The molecule has 3 heterocycles. The van der Waals surface area contributed by atoms with Crippen molar-refractivity contribution in [1.82, 2.24) is 10.2 Å². The molecule has 7 rings (SSSR count). The second-order valence-corrected chi connectivity index (χ2v) is 18.7. The van der Waals surface area contributed by atoms with Crippen LogP contribution in [-0.2, 0) is 20.9 Å². The number of rotatable bonds is 18. The normalized spacial score (nSPS) is 18.0. The first-order chi connectivity index (χ1) is 32.6. The Morgan fingerprint density at radius 1 is 0.926 bits per heavy atom. The fraction of sp³-hybridized carbons (Fsp3) is 0.460. The van der Waals surface area contributed by atoms with Crippen molar-refractivity contribution in [1.29, 1.82) is 0 Å². The standard InChI is InChI=1S/C50H62ClN7O10/c1-50(2,3)68-49(64)58-38-25-42(41(65-4)24-35(38)46(61)56-22-11-15-37(56)47(58)62)66-23-9-5-6-16-43(59)57-28-31(27-51)44-34-13-8-7-12-33(34)40(26-39(44)57)67-29-30-17-19-32(20-18-30)55-45(60)36(52)14-10-21-54-48(53)63/h7-8,12-13,17-20,24-26,31,36-37,47,62H,5-6,9-11,14-16,21-23,27-29,52H2,1-4H3,(H,55,60)(H3,53,54,63)/t31-,36+,37?,47+/m1/s1. The van der Waals surface area contributed by atoms with E-state index >= 15 is 0 Å². The van der Waals surface area contributed by atoms with Crippen LogP contribution in [0.1, 0.15) is 99.5 Å². The van der Waals surface area contributed by atoms with Gasteiger partial charge in [0, 0.05) is 61.1 Å². The van der Waals surface area contributed by atoms with Crippen LogP contribution in [0.15, 0.2) is 66.7 Å². The van der Waals surface area contributed by atoms with Crippen molar-refractivity contribution in [2.24, 2.45) is 11.5 Å². The van der Waals surface area contributed by atoms with E-state index in [0.717, 1.165) is 32.5 Å². The molecule has 1 fully saturated rings. The van der Waals surface area contributed by atoms with Crippen molar-refractivity contribution in [2.75, 3.05) is 54.3 Å². The van der Waals surface area contributed by atoms with E-state index in [2.05, 4.69) is 10.6 Å². The lowest BCUT2D eigenvalue weighted by molar-refractivity contribution is -0.119. The Bertz CT molecular complexity index is 2500. The predicted molar refractivity (Wildman–Crippen MR) is 260 cm³/mol. The lowest BCUT2D eigenvalue weighted by Gasteiger charge is -2.33. The number of hydrogen-bond acceptors (Lipinski definition) is 11. The van der Waals surface area contributed by atoms with Crippen LogP contribution in [0.25, 0.3) is 10.8 Å². The third-order valence-corrected chi connectivity index (χ3v) is 12.8. The van der Waals surface area contributed by atoms with Gasteiger partial charge in [0.2, 0.25) is 11.8 Å². The topological polar surface area (TPSA) is 228 Å². The molecular formula is C50H62ClN7O10. The van der Waals surface area contributed by atoms with Crippen molar-refractivity contribution >= 4 is 69.3 Å². The molecule has 0 aliphatic carbocycles. The summed E-state index contributed by atoms with van der Waals surface area (Å²) in [6, 6.07) is 18.3. The molecule has 3 aliphatic rings. The van der Waals surface area contributed by atoms with E-state index in [-0.39, 0.29) is 48.1 Å². The number of carbonyl (C=O) groups is 5. The number of hydrogen-bond donors (Lipinski definition) is 5. The van der Waals surface area contributed by atoms with Gasteiger partial charge in [0.1, 0.15) is 18.0 Å². The SMILES string of the molecule is COc1cc2c(cc1OCCCCCC(=O)N1C[C@@H](CCl)c3c1cc(OCc1ccc(NC(=O)[C@@H](N)CCCNC(N)=O)cc1)c1ccccc31)N(C(=O)OC(C)(C)C)[C@@H](O)C1CCCN1C2=O. The maximum absolute atomic E-state index is 14.0. The summed E-state index contributed by atoms with van der Waals surface area (Å²) in [5, 5.41) is 18.7. The molecule has 1 unspecified atom stereocenters. The smallest absolute Gasteiger partial charge is 0.417 e. The fourth-order valence-electron chi connectivity index (χ4n) is 9.05. The van der Waals surface area contributed by atoms with Crippen LogP contribution >= 0.6 is 11.6 Å². The largest absolute Gasteiger partial charge is 0.493 e. The summed E-state index contributed by atoms with van der Waals surface area (Å²) in [6.45, 7) is 6.95. The molecule has 0 aromatic heterocycles. The van der Waals surface area contributed by atoms with Gasteiger partial charge >= 0.3 is 12.1 Å². The zero-order valence-electron chi connectivity index (χ0n) is 39.1. The number of aliphatic hydroxyl groups excluding tert-OH is 1. The molecule has 364 valence electrons. The Hall–Kier alpha value is -6.30. The summed E-state index contributed by atoms with van der Waals surface area (Å²) in [6.07, 6.45) is 2.19. The third kappa shape index (κ3) is 11.3. The number of fused-ring (bicyclic) bond motifs is 5. The number of carbonyl (C=O) groups excluding carboxylic acids is 5. The molecular weight excluding hydrogens is 894 g/mol. The maximum atomic E-state index is 14.0. The van der Waals surface area contributed by atoms with Crippen LogP contribution in [-0.4, -0.2) is 103 Å². The van der Waals surface area contributed by atoms with Crippen molar-refractivity contribution in [3.8, 4) is 17.2 Å². The van der Waals surface area contributed by atoms with Crippen LogP contribution in [0.2, 0.25) is 0 Å². The minimum absolute atomic E-state index is 0.0286. The summed E-state index contributed by atoms with van der Waals surface area (Å²) in [5.74, 6) is 0.837. The van der Waals surface area contributed by atoms with Gasteiger partial charge in [-0.2, -0.15) is 0 Å². The molecule has 6 amide bonds. The van der Waals surface area contributed by atoms with E-state index in [0.29, 0.717) is 99.8 Å². The van der Waals surface area contributed by atoms with Crippen LogP contribution in [0.4, 0.5) is 26.7 Å². The van der Waals surface area contributed by atoms with Crippen molar-refractivity contribution in [2.45, 2.75) is 109 Å². The Morgan fingerprint density at radius 3 is 2.37 bits per heavy atom. The van der Waals surface area contributed by atoms with E-state index in [9.17, 15) is 29.1 Å². The van der Waals surface area contributed by atoms with Crippen LogP contribution < -0.4 is 46.1 Å². The second-order valence-electron chi connectivity index (χ2n) is 18.4. The van der Waals surface area contributed by atoms with Gasteiger partial charge in [-0.3, -0.25) is 14.4 Å². The van der Waals surface area contributed by atoms with Crippen molar-refractivity contribution in [3.63, 3.8) is 0 Å². The van der Waals surface area contributed by atoms with Crippen LogP contribution in [0.3, 0.4) is 0 Å². The van der Waals surface area contributed by atoms with E-state index < -0.39 is 36.0 Å². The second kappa shape index (κ2) is 21.8. The highest BCUT2D eigenvalue weighted by molar-refractivity contribution is 6.19. The van der Waals surface area contributed by atoms with E-state index in [4.69, 9.17) is 42.0 Å². The minimum atomic E-state index is -1.33. The molecule has 0 saturated carbocycles. The Kier molecular flexibility index (Phi) is 15.9. The highest BCUT2D eigenvalue weighted by Gasteiger charge is 2.46. The summed E-state index contributed by atoms with van der Waals surface area (Å²) < 4.78 is 24.0. The number of urea groups is 1. The number of aliphatic hydroxyl groups is 1. The summed E-state index contributed by atoms with van der Waals surface area (Å²) in [4.78, 5) is 69.5. The number of alkyl halides is 1. The monoisotopic (exact) mass is 955 g/mol. The number of anilines is 3. The Balaban J connectivity index is 0.970. The molecule has 0 bridgehead atoms. The number of nitrogens with zero attached hydrogens (tertiary/aromatic N) is 3. The number of amides is 6. The number of primary amides is 1. The van der Waals surface area contributed by atoms with E-state index in [1.165, 1.54) is 7.11 Å². The molecule has 0 radical (unpaired) electrons.